The molecule has 0 spiro atoms. The van der Waals surface area contributed by atoms with Crippen LogP contribution in [0.4, 0.5) is 0 Å². The van der Waals surface area contributed by atoms with Gasteiger partial charge in [0.25, 0.3) is 0 Å². The molecule has 0 saturated heterocycles. The number of quaternary nitrogens is 1. The highest BCUT2D eigenvalue weighted by molar-refractivity contribution is 5.85. The van der Waals surface area contributed by atoms with Gasteiger partial charge in [-0.2, -0.15) is 0 Å². The minimum absolute atomic E-state index is 0. The molecule has 1 unspecified atom stereocenters. The molecule has 0 N–H and O–H groups in total. The topological polar surface area (TPSA) is 0 Å². The molecule has 2 heteroatoms. The summed E-state index contributed by atoms with van der Waals surface area (Å²) in [5.41, 5.74) is 1.32. The molecule has 0 radical (unpaired) electrons. The van der Waals surface area contributed by atoms with E-state index < -0.39 is 0 Å². The summed E-state index contributed by atoms with van der Waals surface area (Å²) < 4.78 is 0.882. The molecule has 1 nitrogen and oxygen atoms in total. The van der Waals surface area contributed by atoms with Crippen LogP contribution < -0.4 is 0 Å². The number of hydrogen-bond acceptors (Lipinski definition) is 0. The van der Waals surface area contributed by atoms with Gasteiger partial charge in [0.1, 0.15) is 6.04 Å². The quantitative estimate of drug-likeness (QED) is 0.534. The molecule has 0 aromatic heterocycles. The highest BCUT2D eigenvalue weighted by Crippen LogP contribution is 2.23. The summed E-state index contributed by atoms with van der Waals surface area (Å²) in [6, 6.07) is 10.9. The molecule has 0 heterocycles. The molecule has 1 aromatic rings. The molecule has 1 atom stereocenters. The predicted octanol–water partition coefficient (Wildman–Crippen LogP) is 3.04. The SMILES string of the molecule is C=CC(c1ccccc1)[N+](C)(C)C.Cl. The second-order valence-corrected chi connectivity index (χ2v) is 4.21. The summed E-state index contributed by atoms with van der Waals surface area (Å²) in [5.74, 6) is 0. The van der Waals surface area contributed by atoms with Crippen LogP contribution in [0.25, 0.3) is 0 Å². The van der Waals surface area contributed by atoms with E-state index in [9.17, 15) is 0 Å². The lowest BCUT2D eigenvalue weighted by atomic mass is 10.1. The van der Waals surface area contributed by atoms with Crippen molar-refractivity contribution in [2.45, 2.75) is 6.04 Å². The van der Waals surface area contributed by atoms with Crippen molar-refractivity contribution in [2.75, 3.05) is 21.1 Å². The Kier molecular flexibility index (Phi) is 4.89. The van der Waals surface area contributed by atoms with Gasteiger partial charge in [0.15, 0.2) is 0 Å². The van der Waals surface area contributed by atoms with Crippen molar-refractivity contribution < 1.29 is 4.48 Å². The van der Waals surface area contributed by atoms with E-state index in [1.54, 1.807) is 0 Å². The van der Waals surface area contributed by atoms with Crippen molar-refractivity contribution in [3.05, 3.63) is 48.6 Å². The Morgan fingerprint density at radius 3 is 2.00 bits per heavy atom. The molecule has 1 aromatic carbocycles. The minimum atomic E-state index is 0. The standard InChI is InChI=1S/C12H18N.ClH/c1-5-12(13(2,3)4)11-9-7-6-8-10-11;/h5-10,12H,1H2,2-4H3;1H/q+1;. The van der Waals surface area contributed by atoms with Gasteiger partial charge in [-0.15, -0.1) is 12.4 Å². The third-order valence-corrected chi connectivity index (χ3v) is 2.20. The number of rotatable bonds is 3. The second kappa shape index (κ2) is 5.18. The molecular weight excluding hydrogens is 194 g/mol. The number of hydrogen-bond donors (Lipinski definition) is 0. The van der Waals surface area contributed by atoms with Crippen LogP contribution in [-0.4, -0.2) is 25.6 Å². The smallest absolute Gasteiger partial charge is 0.133 e. The van der Waals surface area contributed by atoms with Crippen LogP contribution in [0.2, 0.25) is 0 Å². The third kappa shape index (κ3) is 3.17. The van der Waals surface area contributed by atoms with Crippen LogP contribution in [-0.2, 0) is 0 Å². The highest BCUT2D eigenvalue weighted by Gasteiger charge is 2.21. The van der Waals surface area contributed by atoms with Crippen LogP contribution in [0.1, 0.15) is 11.6 Å². The third-order valence-electron chi connectivity index (χ3n) is 2.20. The van der Waals surface area contributed by atoms with Gasteiger partial charge in [-0.3, -0.25) is 0 Å². The molecule has 0 aliphatic carbocycles. The van der Waals surface area contributed by atoms with E-state index in [2.05, 4.69) is 52.0 Å². The summed E-state index contributed by atoms with van der Waals surface area (Å²) in [7, 11) is 6.54. The van der Waals surface area contributed by atoms with E-state index in [0.717, 1.165) is 4.48 Å². The van der Waals surface area contributed by atoms with Crippen LogP contribution in [0.5, 0.6) is 0 Å². The van der Waals surface area contributed by atoms with Gasteiger partial charge in [0.2, 0.25) is 0 Å². The van der Waals surface area contributed by atoms with E-state index in [-0.39, 0.29) is 12.4 Å². The van der Waals surface area contributed by atoms with E-state index in [0.29, 0.717) is 6.04 Å². The highest BCUT2D eigenvalue weighted by atomic mass is 35.5. The van der Waals surface area contributed by atoms with Crippen molar-refractivity contribution in [1.82, 2.24) is 0 Å². The van der Waals surface area contributed by atoms with Crippen LogP contribution >= 0.6 is 12.4 Å². The summed E-state index contributed by atoms with van der Waals surface area (Å²) in [6.07, 6.45) is 2.01. The molecule has 0 aliphatic rings. The first-order valence-electron chi connectivity index (χ1n) is 4.54. The van der Waals surface area contributed by atoms with Crippen LogP contribution in [0.15, 0.2) is 43.0 Å². The lowest BCUT2D eigenvalue weighted by molar-refractivity contribution is -0.895. The van der Waals surface area contributed by atoms with Crippen LogP contribution in [0.3, 0.4) is 0 Å². The Balaban J connectivity index is 0.00000169. The summed E-state index contributed by atoms with van der Waals surface area (Å²) >= 11 is 0. The second-order valence-electron chi connectivity index (χ2n) is 4.21. The first kappa shape index (κ1) is 13.2. The van der Waals surface area contributed by atoms with Gasteiger partial charge in [0, 0.05) is 5.56 Å². The molecule has 0 fully saturated rings. The first-order valence-corrected chi connectivity index (χ1v) is 4.54. The molecule has 0 saturated carbocycles. The van der Waals surface area contributed by atoms with Crippen LogP contribution in [0, 0.1) is 0 Å². The van der Waals surface area contributed by atoms with Crippen molar-refractivity contribution >= 4 is 12.4 Å². The molecular formula is C12H19ClN+. The number of likely N-dealkylation sites (N-methyl/N-ethyl adjacent to an activating group) is 1. The Morgan fingerprint density at radius 1 is 1.14 bits per heavy atom. The van der Waals surface area contributed by atoms with E-state index in [4.69, 9.17) is 0 Å². The molecule has 14 heavy (non-hydrogen) atoms. The maximum Gasteiger partial charge on any atom is 0.133 e. The van der Waals surface area contributed by atoms with Crippen molar-refractivity contribution in [2.24, 2.45) is 0 Å². The first-order chi connectivity index (χ1) is 6.05. The number of nitrogens with zero attached hydrogens (tertiary/aromatic N) is 1. The van der Waals surface area contributed by atoms with Crippen molar-refractivity contribution in [3.8, 4) is 0 Å². The molecule has 0 bridgehead atoms. The van der Waals surface area contributed by atoms with Gasteiger partial charge < -0.3 is 4.48 Å². The predicted molar refractivity (Wildman–Crippen MR) is 64.7 cm³/mol. The van der Waals surface area contributed by atoms with Crippen molar-refractivity contribution in [1.29, 1.82) is 0 Å². The largest absolute Gasteiger partial charge is 0.321 e. The Labute approximate surface area is 93.1 Å². The van der Waals surface area contributed by atoms with E-state index in [1.165, 1.54) is 5.56 Å². The Hall–Kier alpha value is -0.790. The zero-order valence-corrected chi connectivity index (χ0v) is 9.92. The fourth-order valence-corrected chi connectivity index (χ4v) is 1.55. The summed E-state index contributed by atoms with van der Waals surface area (Å²) in [6.45, 7) is 3.89. The fraction of sp³-hybridized carbons (Fsp3) is 0.333. The number of halogens is 1. The van der Waals surface area contributed by atoms with Gasteiger partial charge >= 0.3 is 0 Å². The summed E-state index contributed by atoms with van der Waals surface area (Å²) in [4.78, 5) is 0. The minimum Gasteiger partial charge on any atom is -0.321 e. The van der Waals surface area contributed by atoms with Gasteiger partial charge in [0.05, 0.1) is 21.1 Å². The van der Waals surface area contributed by atoms with Gasteiger partial charge in [-0.25, -0.2) is 0 Å². The number of benzene rings is 1. The van der Waals surface area contributed by atoms with Gasteiger partial charge in [-0.05, 0) is 6.08 Å². The maximum absolute atomic E-state index is 3.89. The lowest BCUT2D eigenvalue weighted by Gasteiger charge is -2.32. The van der Waals surface area contributed by atoms with E-state index >= 15 is 0 Å². The molecule has 1 rings (SSSR count). The van der Waals surface area contributed by atoms with Crippen molar-refractivity contribution in [3.63, 3.8) is 0 Å². The zero-order valence-electron chi connectivity index (χ0n) is 9.10. The monoisotopic (exact) mass is 212 g/mol. The normalized spacial score (nSPS) is 12.8. The molecule has 78 valence electrons. The summed E-state index contributed by atoms with van der Waals surface area (Å²) in [5, 5.41) is 0. The zero-order chi connectivity index (χ0) is 9.90. The Bertz CT molecular complexity index is 274. The molecule has 0 amide bonds. The molecule has 0 aliphatic heterocycles. The van der Waals surface area contributed by atoms with E-state index in [1.807, 2.05) is 12.1 Å². The average molecular weight is 213 g/mol. The average Bonchev–Trinajstić information content (AvgIpc) is 2.05. The lowest BCUT2D eigenvalue weighted by Crippen LogP contribution is -2.37. The van der Waals surface area contributed by atoms with Gasteiger partial charge in [-0.1, -0.05) is 36.9 Å². The maximum atomic E-state index is 3.89. The Morgan fingerprint density at radius 2 is 1.64 bits per heavy atom. The fourth-order valence-electron chi connectivity index (χ4n) is 1.55.